The molecule has 0 aliphatic heterocycles. The summed E-state index contributed by atoms with van der Waals surface area (Å²) in [4.78, 5) is 4.84. The number of anilines is 6. The van der Waals surface area contributed by atoms with Gasteiger partial charge in [0.1, 0.15) is 5.58 Å². The van der Waals surface area contributed by atoms with Crippen LogP contribution in [0.1, 0.15) is 119 Å². The Kier molecular flexibility index (Phi) is 16.0. The molecule has 21 aromatic rings. The van der Waals surface area contributed by atoms with Gasteiger partial charge < -0.3 is 14.2 Å². The van der Waals surface area contributed by atoms with Crippen LogP contribution < -0.4 is 9.80 Å². The monoisotopic (exact) mass is 1710 g/mol. The third-order valence-corrected chi connectivity index (χ3v) is 31.9. The highest BCUT2D eigenvalue weighted by Crippen LogP contribution is 2.70. The zero-order valence-electron chi connectivity index (χ0n) is 75.4. The van der Waals surface area contributed by atoms with Gasteiger partial charge >= 0.3 is 0 Å². The van der Waals surface area contributed by atoms with Crippen molar-refractivity contribution in [3.63, 3.8) is 0 Å². The molecule has 134 heavy (non-hydrogen) atoms. The normalized spacial score (nSPS) is 14.8. The lowest BCUT2D eigenvalue weighted by atomic mass is 9.70. The van der Waals surface area contributed by atoms with Crippen LogP contribution in [0, 0.1) is 0 Å². The van der Waals surface area contributed by atoms with Crippen molar-refractivity contribution in [2.75, 3.05) is 9.80 Å². The lowest BCUT2D eigenvalue weighted by Gasteiger charge is -2.31. The molecule has 20 aromatic carbocycles. The van der Waals surface area contributed by atoms with Crippen LogP contribution in [0.2, 0.25) is 0 Å². The van der Waals surface area contributed by atoms with Crippen LogP contribution >= 0.6 is 0 Å². The first-order valence-corrected chi connectivity index (χ1v) is 47.3. The van der Waals surface area contributed by atoms with Gasteiger partial charge in [-0.3, -0.25) is 0 Å². The number of furan rings is 1. The average Bonchev–Trinajstić information content (AvgIpc) is 1.50. The van der Waals surface area contributed by atoms with Crippen molar-refractivity contribution in [3.8, 4) is 134 Å². The van der Waals surface area contributed by atoms with Crippen molar-refractivity contribution in [1.82, 2.24) is 0 Å². The van der Waals surface area contributed by atoms with Crippen LogP contribution in [0.15, 0.2) is 441 Å². The topological polar surface area (TPSA) is 19.6 Å². The van der Waals surface area contributed by atoms with Gasteiger partial charge in [-0.2, -0.15) is 0 Å². The van der Waals surface area contributed by atoms with E-state index in [-0.39, 0.29) is 16.2 Å². The molecule has 7 aliphatic rings. The van der Waals surface area contributed by atoms with Crippen LogP contribution in [-0.4, -0.2) is 0 Å². The van der Waals surface area contributed by atoms with E-state index in [2.05, 4.69) is 488 Å². The molecule has 7 aliphatic carbocycles. The summed E-state index contributed by atoms with van der Waals surface area (Å²) in [5.41, 5.74) is 55.7. The SMILES string of the molecule is CC1(C)c2ccccc2-c2ccc(N(c3ccc(-c4cccc(-c5ccc(N(c6ccc(-c7ccccc7)cc6)c6ccc(-c7ccc8c(c7)C(C)(C)c7ccc9c(c7-8)-c7ccccc7C97c8ccccc8-c8ccccc87)cc6)c6oc7ccccc7c56)c4)cc3)c3ccc(-c4ccc5c(c4)C(C)(C)c4ccc6c(c4-5)-c4ccccc4C64c5ccccc5-c5ccccc54)cc3)cc21. The molecule has 28 rings (SSSR count). The van der Waals surface area contributed by atoms with E-state index in [0.29, 0.717) is 0 Å². The number of hydrogen-bond donors (Lipinski definition) is 0. The fourth-order valence-electron chi connectivity index (χ4n) is 25.8. The van der Waals surface area contributed by atoms with Gasteiger partial charge in [-0.25, -0.2) is 0 Å². The van der Waals surface area contributed by atoms with Gasteiger partial charge in [-0.05, 0) is 302 Å². The predicted molar refractivity (Wildman–Crippen MR) is 556 cm³/mol. The maximum absolute atomic E-state index is 7.29. The molecule has 0 atom stereocenters. The van der Waals surface area contributed by atoms with E-state index in [1.807, 2.05) is 0 Å². The van der Waals surface area contributed by atoms with Crippen LogP contribution in [-0.2, 0) is 27.1 Å². The van der Waals surface area contributed by atoms with Gasteiger partial charge in [0.05, 0.1) is 16.5 Å². The van der Waals surface area contributed by atoms with Gasteiger partial charge in [0.15, 0.2) is 5.58 Å². The largest absolute Gasteiger partial charge is 0.454 e. The fraction of sp³-hybridized carbons (Fsp3) is 0.0840. The van der Waals surface area contributed by atoms with Gasteiger partial charge in [-0.1, -0.05) is 387 Å². The molecule has 0 saturated carbocycles. The van der Waals surface area contributed by atoms with Crippen LogP contribution in [0.25, 0.3) is 155 Å². The summed E-state index contributed by atoms with van der Waals surface area (Å²) in [6.45, 7) is 14.5. The third kappa shape index (κ3) is 10.4. The van der Waals surface area contributed by atoms with E-state index < -0.39 is 10.8 Å². The van der Waals surface area contributed by atoms with E-state index in [4.69, 9.17) is 4.42 Å². The number of hydrogen-bond acceptors (Lipinski definition) is 3. The zero-order chi connectivity index (χ0) is 89.0. The quantitative estimate of drug-likeness (QED) is 0.129. The summed E-state index contributed by atoms with van der Waals surface area (Å²) in [7, 11) is 0. The van der Waals surface area contributed by atoms with E-state index >= 15 is 0 Å². The molecule has 0 saturated heterocycles. The standard InChI is InChI=1S/C131H90N2O/c1-127(2)105-39-18-10-31-94(105)99-68-65-92(78-118(99)127)132(89-59-51-82(52-60-89)85-55-66-102-116(76-85)128(3,4)112-70-72-114-124(122(102)112)100-36-15-23-44-110(100)130(114)106-40-19-11-32-95(106)96-33-12-20-41-107(96)130)88-57-49-81(50-58-88)84-29-26-30-87(75-84)93-69-74-119(126-121(93)104-38-17-25-46-120(104)134-126)133(90-61-47-80(48-62-90)79-27-8-7-9-28-79)91-63-53-83(54-64-91)86-56-67-103-117(77-86)129(5,6)113-71-73-115-125(123(103)113)101-37-16-24-45-111(101)131(115)108-42-21-13-34-97(108)98-35-14-22-43-109(98)131/h7-78H,1-6H3. The molecule has 1 heterocycles. The maximum atomic E-state index is 7.29. The third-order valence-electron chi connectivity index (χ3n) is 31.9. The van der Waals surface area contributed by atoms with Crippen molar-refractivity contribution in [2.24, 2.45) is 0 Å². The van der Waals surface area contributed by atoms with Crippen molar-refractivity contribution in [3.05, 3.63) is 515 Å². The van der Waals surface area contributed by atoms with Crippen LogP contribution in [0.5, 0.6) is 0 Å². The summed E-state index contributed by atoms with van der Waals surface area (Å²) in [5, 5.41) is 2.13. The molecule has 1 aromatic heterocycles. The Morgan fingerprint density at radius 1 is 0.179 bits per heavy atom. The first kappa shape index (κ1) is 76.6. The summed E-state index contributed by atoms with van der Waals surface area (Å²) >= 11 is 0. The Labute approximate surface area is 781 Å². The molecule has 3 nitrogen and oxygen atoms in total. The van der Waals surface area contributed by atoms with E-state index in [9.17, 15) is 0 Å². The second-order valence-electron chi connectivity index (χ2n) is 39.5. The van der Waals surface area contributed by atoms with Crippen molar-refractivity contribution >= 4 is 56.1 Å². The number of rotatable bonds is 11. The van der Waals surface area contributed by atoms with Gasteiger partial charge in [0.25, 0.3) is 0 Å². The Hall–Kier alpha value is -16.2. The molecule has 0 amide bonds. The lowest BCUT2D eigenvalue weighted by Crippen LogP contribution is -2.26. The van der Waals surface area contributed by atoms with Gasteiger partial charge in [0, 0.05) is 55.5 Å². The highest BCUT2D eigenvalue weighted by molar-refractivity contribution is 6.17. The average molecular weight is 1710 g/mol. The number of fused-ring (bicyclic) bond motifs is 34. The highest BCUT2D eigenvalue weighted by atomic mass is 16.3. The summed E-state index contributed by atoms with van der Waals surface area (Å²) < 4.78 is 7.29. The minimum Gasteiger partial charge on any atom is -0.454 e. The molecule has 0 bridgehead atoms. The van der Waals surface area contributed by atoms with Crippen LogP contribution in [0.3, 0.4) is 0 Å². The molecule has 0 fully saturated rings. The Balaban J connectivity index is 0.518. The smallest absolute Gasteiger partial charge is 0.160 e. The molecule has 0 radical (unpaired) electrons. The van der Waals surface area contributed by atoms with Crippen molar-refractivity contribution in [1.29, 1.82) is 0 Å². The fourth-order valence-corrected chi connectivity index (χ4v) is 25.8. The van der Waals surface area contributed by atoms with Gasteiger partial charge in [0.2, 0.25) is 0 Å². The number of nitrogens with zero attached hydrogens (tertiary/aromatic N) is 2. The van der Waals surface area contributed by atoms with Crippen molar-refractivity contribution in [2.45, 2.75) is 68.6 Å². The number of para-hydroxylation sites is 1. The molecule has 0 unspecified atom stereocenters. The van der Waals surface area contributed by atoms with E-state index in [1.54, 1.807) is 0 Å². The predicted octanol–water partition coefficient (Wildman–Crippen LogP) is 34.5. The number of benzene rings is 20. The van der Waals surface area contributed by atoms with E-state index in [1.165, 1.54) is 178 Å². The maximum Gasteiger partial charge on any atom is 0.160 e. The molecular formula is C131H90N2O. The van der Waals surface area contributed by atoms with Crippen molar-refractivity contribution < 1.29 is 4.42 Å². The van der Waals surface area contributed by atoms with Crippen LogP contribution in [0.4, 0.5) is 34.1 Å². The molecular weight excluding hydrogens is 1620 g/mol. The second kappa shape index (κ2) is 27.9. The molecule has 2 spiro atoms. The summed E-state index contributed by atoms with van der Waals surface area (Å²) in [5.74, 6) is 0. The second-order valence-corrected chi connectivity index (χ2v) is 39.5. The molecule has 0 N–H and O–H groups in total. The Morgan fingerprint density at radius 2 is 0.478 bits per heavy atom. The highest BCUT2D eigenvalue weighted by Gasteiger charge is 2.56. The first-order valence-electron chi connectivity index (χ1n) is 47.3. The Bertz CT molecular complexity index is 8540. The van der Waals surface area contributed by atoms with Gasteiger partial charge in [-0.15, -0.1) is 0 Å². The Morgan fingerprint density at radius 3 is 0.955 bits per heavy atom. The zero-order valence-corrected chi connectivity index (χ0v) is 75.4. The lowest BCUT2D eigenvalue weighted by molar-refractivity contribution is 0.660. The summed E-state index contributed by atoms with van der Waals surface area (Å²) in [6, 6.07) is 165. The molecule has 3 heteroatoms. The van der Waals surface area contributed by atoms with E-state index in [0.717, 1.165) is 89.4 Å². The minimum atomic E-state index is -0.413. The first-order chi connectivity index (χ1) is 65.7. The minimum absolute atomic E-state index is 0.194. The summed E-state index contributed by atoms with van der Waals surface area (Å²) in [6.07, 6.45) is 0. The molecule has 630 valence electrons.